The quantitative estimate of drug-likeness (QED) is 0.821. The Balaban J connectivity index is 2.20. The summed E-state index contributed by atoms with van der Waals surface area (Å²) in [4.78, 5) is 12.1. The summed E-state index contributed by atoms with van der Waals surface area (Å²) < 4.78 is 5.30. The Morgan fingerprint density at radius 3 is 2.67 bits per heavy atom. The standard InChI is InChI=1S/C15H13Cl2NO3/c1-2-21-14-6-3-9(7-11(14)17)15(20)18-12-8-10(16)4-5-13(12)19/h3-8,19H,2H2,1H3,(H,18,20). The number of halogens is 2. The molecular weight excluding hydrogens is 313 g/mol. The van der Waals surface area contributed by atoms with Gasteiger partial charge in [0, 0.05) is 10.6 Å². The molecule has 0 aromatic heterocycles. The zero-order valence-electron chi connectivity index (χ0n) is 11.2. The third-order valence-corrected chi connectivity index (χ3v) is 3.23. The number of phenols is 1. The fourth-order valence-corrected chi connectivity index (χ4v) is 2.12. The van der Waals surface area contributed by atoms with E-state index in [0.717, 1.165) is 0 Å². The molecule has 110 valence electrons. The maximum Gasteiger partial charge on any atom is 0.255 e. The minimum Gasteiger partial charge on any atom is -0.506 e. The molecule has 2 rings (SSSR count). The highest BCUT2D eigenvalue weighted by atomic mass is 35.5. The lowest BCUT2D eigenvalue weighted by Crippen LogP contribution is -2.12. The molecule has 2 aromatic rings. The average molecular weight is 326 g/mol. The average Bonchev–Trinajstić information content (AvgIpc) is 2.45. The number of phenolic OH excluding ortho intramolecular Hbond substituents is 1. The first kappa shape index (κ1) is 15.5. The van der Waals surface area contributed by atoms with Crippen molar-refractivity contribution in [2.24, 2.45) is 0 Å². The zero-order chi connectivity index (χ0) is 15.4. The number of hydrogen-bond acceptors (Lipinski definition) is 3. The van der Waals surface area contributed by atoms with E-state index in [4.69, 9.17) is 27.9 Å². The van der Waals surface area contributed by atoms with Crippen molar-refractivity contribution in [1.82, 2.24) is 0 Å². The number of carbonyl (C=O) groups is 1. The van der Waals surface area contributed by atoms with Crippen molar-refractivity contribution in [2.45, 2.75) is 6.92 Å². The molecule has 0 spiro atoms. The number of benzene rings is 2. The molecule has 2 N–H and O–H groups in total. The van der Waals surface area contributed by atoms with Crippen molar-refractivity contribution < 1.29 is 14.6 Å². The zero-order valence-corrected chi connectivity index (χ0v) is 12.7. The van der Waals surface area contributed by atoms with Crippen LogP contribution in [0.4, 0.5) is 5.69 Å². The van der Waals surface area contributed by atoms with Crippen LogP contribution in [-0.2, 0) is 0 Å². The van der Waals surface area contributed by atoms with E-state index in [-0.39, 0.29) is 11.4 Å². The number of hydrogen-bond donors (Lipinski definition) is 2. The minimum atomic E-state index is -0.405. The largest absolute Gasteiger partial charge is 0.506 e. The lowest BCUT2D eigenvalue weighted by atomic mass is 10.2. The van der Waals surface area contributed by atoms with E-state index in [0.29, 0.717) is 28.0 Å². The van der Waals surface area contributed by atoms with Crippen molar-refractivity contribution in [3.05, 3.63) is 52.0 Å². The molecule has 6 heteroatoms. The van der Waals surface area contributed by atoms with Gasteiger partial charge in [0.25, 0.3) is 5.91 Å². The molecule has 0 saturated carbocycles. The van der Waals surface area contributed by atoms with E-state index in [2.05, 4.69) is 5.32 Å². The summed E-state index contributed by atoms with van der Waals surface area (Å²) in [5.74, 6) is 0.0450. The van der Waals surface area contributed by atoms with E-state index < -0.39 is 5.91 Å². The van der Waals surface area contributed by atoms with Crippen molar-refractivity contribution in [2.75, 3.05) is 11.9 Å². The van der Waals surface area contributed by atoms with Gasteiger partial charge in [0.15, 0.2) is 0 Å². The van der Waals surface area contributed by atoms with Gasteiger partial charge in [-0.2, -0.15) is 0 Å². The second-order valence-electron chi connectivity index (χ2n) is 4.19. The van der Waals surface area contributed by atoms with Gasteiger partial charge in [0.05, 0.1) is 17.3 Å². The third-order valence-electron chi connectivity index (χ3n) is 2.70. The number of rotatable bonds is 4. The normalized spacial score (nSPS) is 10.2. The Bertz CT molecular complexity index is 674. The number of nitrogens with one attached hydrogen (secondary N) is 1. The summed E-state index contributed by atoms with van der Waals surface area (Å²) in [6.07, 6.45) is 0. The van der Waals surface area contributed by atoms with Crippen LogP contribution in [0.25, 0.3) is 0 Å². The lowest BCUT2D eigenvalue weighted by molar-refractivity contribution is 0.102. The van der Waals surface area contributed by atoms with Crippen LogP contribution in [-0.4, -0.2) is 17.6 Å². The van der Waals surface area contributed by atoms with E-state index in [1.165, 1.54) is 24.3 Å². The van der Waals surface area contributed by atoms with Gasteiger partial charge in [-0.25, -0.2) is 0 Å². The Morgan fingerprint density at radius 1 is 1.24 bits per heavy atom. The van der Waals surface area contributed by atoms with Gasteiger partial charge in [0.1, 0.15) is 11.5 Å². The van der Waals surface area contributed by atoms with Gasteiger partial charge in [-0.15, -0.1) is 0 Å². The predicted molar refractivity (Wildman–Crippen MR) is 83.7 cm³/mol. The maximum atomic E-state index is 12.1. The summed E-state index contributed by atoms with van der Waals surface area (Å²) >= 11 is 11.9. The first-order chi connectivity index (χ1) is 10.0. The van der Waals surface area contributed by atoms with E-state index in [9.17, 15) is 9.90 Å². The Morgan fingerprint density at radius 2 is 2.00 bits per heavy atom. The number of anilines is 1. The van der Waals surface area contributed by atoms with Gasteiger partial charge >= 0.3 is 0 Å². The highest BCUT2D eigenvalue weighted by Crippen LogP contribution is 2.29. The van der Waals surface area contributed by atoms with E-state index in [1.807, 2.05) is 6.92 Å². The highest BCUT2D eigenvalue weighted by Gasteiger charge is 2.12. The predicted octanol–water partition coefficient (Wildman–Crippen LogP) is 4.35. The smallest absolute Gasteiger partial charge is 0.255 e. The Labute approximate surface area is 132 Å². The van der Waals surface area contributed by atoms with Gasteiger partial charge in [-0.05, 0) is 43.3 Å². The highest BCUT2D eigenvalue weighted by molar-refractivity contribution is 6.32. The minimum absolute atomic E-state index is 0.0650. The summed E-state index contributed by atoms with van der Waals surface area (Å²) in [6.45, 7) is 2.33. The summed E-state index contributed by atoms with van der Waals surface area (Å²) in [5, 5.41) is 13.0. The molecular formula is C15H13Cl2NO3. The molecule has 0 heterocycles. The molecule has 1 amide bonds. The van der Waals surface area contributed by atoms with Crippen LogP contribution in [0.2, 0.25) is 10.0 Å². The molecule has 0 unspecified atom stereocenters. The topological polar surface area (TPSA) is 58.6 Å². The SMILES string of the molecule is CCOc1ccc(C(=O)Nc2cc(Cl)ccc2O)cc1Cl. The van der Waals surface area contributed by atoms with E-state index >= 15 is 0 Å². The summed E-state index contributed by atoms with van der Waals surface area (Å²) in [5.41, 5.74) is 0.584. The molecule has 2 aromatic carbocycles. The second kappa shape index (κ2) is 6.70. The third kappa shape index (κ3) is 3.80. The maximum absolute atomic E-state index is 12.1. The van der Waals surface area contributed by atoms with Crippen molar-refractivity contribution in [3.8, 4) is 11.5 Å². The molecule has 0 bridgehead atoms. The Hall–Kier alpha value is -1.91. The van der Waals surface area contributed by atoms with Crippen LogP contribution in [0.3, 0.4) is 0 Å². The molecule has 0 aliphatic heterocycles. The number of carbonyl (C=O) groups excluding carboxylic acids is 1. The molecule has 0 aliphatic rings. The molecule has 0 radical (unpaired) electrons. The lowest BCUT2D eigenvalue weighted by Gasteiger charge is -2.10. The fourth-order valence-electron chi connectivity index (χ4n) is 1.72. The molecule has 0 aliphatic carbocycles. The number of ether oxygens (including phenoxy) is 1. The summed E-state index contributed by atoms with van der Waals surface area (Å²) in [6, 6.07) is 9.12. The monoisotopic (exact) mass is 325 g/mol. The van der Waals surface area contributed by atoms with Crippen LogP contribution in [0.15, 0.2) is 36.4 Å². The molecule has 0 atom stereocenters. The van der Waals surface area contributed by atoms with Crippen molar-refractivity contribution in [1.29, 1.82) is 0 Å². The first-order valence-electron chi connectivity index (χ1n) is 6.23. The van der Waals surface area contributed by atoms with Crippen LogP contribution in [0.5, 0.6) is 11.5 Å². The fraction of sp³-hybridized carbons (Fsp3) is 0.133. The summed E-state index contributed by atoms with van der Waals surface area (Å²) in [7, 11) is 0. The van der Waals surface area contributed by atoms with Crippen LogP contribution in [0.1, 0.15) is 17.3 Å². The molecule has 0 fully saturated rings. The second-order valence-corrected chi connectivity index (χ2v) is 5.04. The molecule has 0 saturated heterocycles. The van der Waals surface area contributed by atoms with Gasteiger partial charge in [-0.1, -0.05) is 23.2 Å². The first-order valence-corrected chi connectivity index (χ1v) is 6.99. The van der Waals surface area contributed by atoms with E-state index in [1.54, 1.807) is 12.1 Å². The number of aromatic hydroxyl groups is 1. The van der Waals surface area contributed by atoms with Gasteiger partial charge in [-0.3, -0.25) is 4.79 Å². The van der Waals surface area contributed by atoms with Crippen LogP contribution in [0, 0.1) is 0 Å². The van der Waals surface area contributed by atoms with Crippen LogP contribution < -0.4 is 10.1 Å². The Kier molecular flexibility index (Phi) is 4.94. The van der Waals surface area contributed by atoms with Gasteiger partial charge in [0.2, 0.25) is 0 Å². The van der Waals surface area contributed by atoms with Gasteiger partial charge < -0.3 is 15.2 Å². The molecule has 21 heavy (non-hydrogen) atoms. The number of amides is 1. The van der Waals surface area contributed by atoms with Crippen molar-refractivity contribution >= 4 is 34.8 Å². The molecule has 4 nitrogen and oxygen atoms in total. The van der Waals surface area contributed by atoms with Crippen LogP contribution >= 0.6 is 23.2 Å². The van der Waals surface area contributed by atoms with Crippen molar-refractivity contribution in [3.63, 3.8) is 0 Å².